The first kappa shape index (κ1) is 22.8. The molecule has 4 aromatic carbocycles. The van der Waals surface area contributed by atoms with Crippen molar-refractivity contribution < 1.29 is 13.6 Å². The van der Waals surface area contributed by atoms with Gasteiger partial charge in [0.15, 0.2) is 11.5 Å². The summed E-state index contributed by atoms with van der Waals surface area (Å²) in [4.78, 5) is 29.9. The Bertz CT molecular complexity index is 1820. The van der Waals surface area contributed by atoms with Gasteiger partial charge < -0.3 is 14.2 Å². The standard InChI is InChI=1S/C30H19ClN2O4/c31-22-11-5-18(6-12-22)15-28-33-25-17-23(13-14-27(25)36-28)32-29(34)20-9-7-19(8-10-20)24-16-21-3-1-2-4-26(21)37-30(24)35/h1-14,16-17H,15H2,(H,32,34). The minimum atomic E-state index is -0.424. The number of para-hydroxylation sites is 1. The fourth-order valence-electron chi connectivity index (χ4n) is 4.17. The van der Waals surface area contributed by atoms with E-state index >= 15 is 0 Å². The van der Waals surface area contributed by atoms with Crippen LogP contribution in [-0.2, 0) is 6.42 Å². The van der Waals surface area contributed by atoms with Crippen LogP contribution in [0, 0.1) is 0 Å². The number of fused-ring (bicyclic) bond motifs is 2. The molecule has 0 aliphatic rings. The number of carbonyl (C=O) groups excluding carboxylic acids is 1. The quantitative estimate of drug-likeness (QED) is 0.252. The van der Waals surface area contributed by atoms with E-state index in [0.717, 1.165) is 10.9 Å². The molecule has 6 aromatic rings. The largest absolute Gasteiger partial charge is 0.440 e. The van der Waals surface area contributed by atoms with Gasteiger partial charge in [-0.1, -0.05) is 54.1 Å². The Morgan fingerprint density at radius 2 is 1.62 bits per heavy atom. The van der Waals surface area contributed by atoms with E-state index in [4.69, 9.17) is 20.4 Å². The molecule has 7 heteroatoms. The van der Waals surface area contributed by atoms with Crippen LogP contribution in [0.5, 0.6) is 0 Å². The van der Waals surface area contributed by atoms with E-state index in [9.17, 15) is 9.59 Å². The third-order valence-corrected chi connectivity index (χ3v) is 6.31. The van der Waals surface area contributed by atoms with Gasteiger partial charge in [0.1, 0.15) is 11.1 Å². The van der Waals surface area contributed by atoms with E-state index in [1.54, 1.807) is 54.6 Å². The Balaban J connectivity index is 1.19. The number of anilines is 1. The molecule has 0 unspecified atom stereocenters. The number of amides is 1. The van der Waals surface area contributed by atoms with Crippen molar-refractivity contribution in [1.29, 1.82) is 0 Å². The van der Waals surface area contributed by atoms with E-state index in [2.05, 4.69) is 10.3 Å². The van der Waals surface area contributed by atoms with Crippen LogP contribution in [0.15, 0.2) is 111 Å². The van der Waals surface area contributed by atoms with Crippen LogP contribution in [0.2, 0.25) is 5.02 Å². The maximum Gasteiger partial charge on any atom is 0.344 e. The van der Waals surface area contributed by atoms with Crippen molar-refractivity contribution >= 4 is 45.3 Å². The van der Waals surface area contributed by atoms with Crippen LogP contribution >= 0.6 is 11.6 Å². The molecule has 180 valence electrons. The maximum atomic E-state index is 12.9. The molecule has 0 fully saturated rings. The summed E-state index contributed by atoms with van der Waals surface area (Å²) in [5.41, 5.74) is 4.61. The number of nitrogens with zero attached hydrogens (tertiary/aromatic N) is 1. The zero-order chi connectivity index (χ0) is 25.4. The second-order valence-corrected chi connectivity index (χ2v) is 9.05. The van der Waals surface area contributed by atoms with E-state index in [1.807, 2.05) is 42.5 Å². The Labute approximate surface area is 216 Å². The molecule has 0 atom stereocenters. The summed E-state index contributed by atoms with van der Waals surface area (Å²) in [5.74, 6) is 0.302. The topological polar surface area (TPSA) is 85.3 Å². The van der Waals surface area contributed by atoms with Crippen LogP contribution in [0.1, 0.15) is 21.8 Å². The average molecular weight is 507 g/mol. The average Bonchev–Trinajstić information content (AvgIpc) is 3.31. The van der Waals surface area contributed by atoms with Crippen LogP contribution in [0.3, 0.4) is 0 Å². The van der Waals surface area contributed by atoms with E-state index in [0.29, 0.717) is 56.4 Å². The van der Waals surface area contributed by atoms with Crippen molar-refractivity contribution in [2.75, 3.05) is 5.32 Å². The number of rotatable bonds is 5. The lowest BCUT2D eigenvalue weighted by Gasteiger charge is -2.07. The highest BCUT2D eigenvalue weighted by Crippen LogP contribution is 2.24. The zero-order valence-corrected chi connectivity index (χ0v) is 20.2. The minimum Gasteiger partial charge on any atom is -0.440 e. The normalized spacial score (nSPS) is 11.2. The molecule has 0 radical (unpaired) electrons. The van der Waals surface area contributed by atoms with Crippen molar-refractivity contribution in [1.82, 2.24) is 4.98 Å². The van der Waals surface area contributed by atoms with E-state index in [-0.39, 0.29) is 5.91 Å². The number of hydrogen-bond acceptors (Lipinski definition) is 5. The molecule has 0 aliphatic carbocycles. The molecule has 0 bridgehead atoms. The monoisotopic (exact) mass is 506 g/mol. The van der Waals surface area contributed by atoms with Crippen molar-refractivity contribution in [3.8, 4) is 11.1 Å². The van der Waals surface area contributed by atoms with Crippen LogP contribution in [0.25, 0.3) is 33.2 Å². The number of halogens is 1. The molecule has 0 saturated carbocycles. The fourth-order valence-corrected chi connectivity index (χ4v) is 4.30. The van der Waals surface area contributed by atoms with Crippen LogP contribution in [-0.4, -0.2) is 10.9 Å². The molecule has 6 rings (SSSR count). The van der Waals surface area contributed by atoms with Crippen LogP contribution < -0.4 is 10.9 Å². The van der Waals surface area contributed by atoms with Crippen molar-refractivity contribution in [3.63, 3.8) is 0 Å². The lowest BCUT2D eigenvalue weighted by molar-refractivity contribution is 0.102. The third-order valence-electron chi connectivity index (χ3n) is 6.06. The second kappa shape index (κ2) is 9.41. The van der Waals surface area contributed by atoms with Gasteiger partial charge in [-0.25, -0.2) is 9.78 Å². The first-order valence-corrected chi connectivity index (χ1v) is 12.0. The van der Waals surface area contributed by atoms with Gasteiger partial charge in [-0.3, -0.25) is 4.79 Å². The number of carbonyl (C=O) groups is 1. The van der Waals surface area contributed by atoms with E-state index < -0.39 is 5.63 Å². The molecule has 6 nitrogen and oxygen atoms in total. The number of benzene rings is 4. The lowest BCUT2D eigenvalue weighted by atomic mass is 10.0. The minimum absolute atomic E-state index is 0.277. The first-order chi connectivity index (χ1) is 18.0. The molecule has 0 spiro atoms. The molecule has 0 saturated heterocycles. The smallest absolute Gasteiger partial charge is 0.344 e. The highest BCUT2D eigenvalue weighted by atomic mass is 35.5. The van der Waals surface area contributed by atoms with Crippen LogP contribution in [0.4, 0.5) is 5.69 Å². The summed E-state index contributed by atoms with van der Waals surface area (Å²) in [5, 5.41) is 4.40. The summed E-state index contributed by atoms with van der Waals surface area (Å²) in [6, 6.07) is 28.8. The number of hydrogen-bond donors (Lipinski definition) is 1. The SMILES string of the molecule is O=C(Nc1ccc2oc(Cc3ccc(Cl)cc3)nc2c1)c1ccc(-c2cc3ccccc3oc2=O)cc1. The lowest BCUT2D eigenvalue weighted by Crippen LogP contribution is -2.11. The molecule has 2 heterocycles. The molecule has 0 aliphatic heterocycles. The van der Waals surface area contributed by atoms with E-state index in [1.165, 1.54) is 0 Å². The van der Waals surface area contributed by atoms with Crippen molar-refractivity contribution in [2.45, 2.75) is 6.42 Å². The Morgan fingerprint density at radius 1 is 0.838 bits per heavy atom. The van der Waals surface area contributed by atoms with Gasteiger partial charge in [0, 0.05) is 28.1 Å². The van der Waals surface area contributed by atoms with Gasteiger partial charge in [-0.05, 0) is 65.7 Å². The fraction of sp³-hybridized carbons (Fsp3) is 0.0333. The Morgan fingerprint density at radius 3 is 2.43 bits per heavy atom. The molecule has 37 heavy (non-hydrogen) atoms. The van der Waals surface area contributed by atoms with Crippen molar-refractivity contribution in [3.05, 3.63) is 130 Å². The molecular formula is C30H19ClN2O4. The number of nitrogens with one attached hydrogen (secondary N) is 1. The molecule has 1 amide bonds. The zero-order valence-electron chi connectivity index (χ0n) is 19.4. The molecule has 2 aromatic heterocycles. The Kier molecular flexibility index (Phi) is 5.79. The van der Waals surface area contributed by atoms with Gasteiger partial charge in [0.05, 0.1) is 5.56 Å². The Hall–Kier alpha value is -4.68. The predicted molar refractivity (Wildman–Crippen MR) is 144 cm³/mol. The van der Waals surface area contributed by atoms with Gasteiger partial charge in [-0.2, -0.15) is 0 Å². The van der Waals surface area contributed by atoms with Gasteiger partial charge in [0.2, 0.25) is 0 Å². The van der Waals surface area contributed by atoms with Gasteiger partial charge in [0.25, 0.3) is 5.91 Å². The predicted octanol–water partition coefficient (Wildman–Crippen LogP) is 7.10. The summed E-state index contributed by atoms with van der Waals surface area (Å²) in [6.45, 7) is 0. The second-order valence-electron chi connectivity index (χ2n) is 8.61. The van der Waals surface area contributed by atoms with Gasteiger partial charge >= 0.3 is 5.63 Å². The highest BCUT2D eigenvalue weighted by molar-refractivity contribution is 6.30. The highest BCUT2D eigenvalue weighted by Gasteiger charge is 2.12. The van der Waals surface area contributed by atoms with Gasteiger partial charge in [-0.15, -0.1) is 0 Å². The maximum absolute atomic E-state index is 12.9. The summed E-state index contributed by atoms with van der Waals surface area (Å²) in [7, 11) is 0. The molecular weight excluding hydrogens is 488 g/mol. The number of oxazole rings is 1. The third kappa shape index (κ3) is 4.75. The molecule has 1 N–H and O–H groups in total. The summed E-state index contributed by atoms with van der Waals surface area (Å²) in [6.07, 6.45) is 0.537. The number of aromatic nitrogens is 1. The first-order valence-electron chi connectivity index (χ1n) is 11.6. The summed E-state index contributed by atoms with van der Waals surface area (Å²) >= 11 is 5.95. The summed E-state index contributed by atoms with van der Waals surface area (Å²) < 4.78 is 11.3. The van der Waals surface area contributed by atoms with Crippen molar-refractivity contribution in [2.24, 2.45) is 0 Å².